The van der Waals surface area contributed by atoms with Gasteiger partial charge in [-0.05, 0) is 41.3 Å². The van der Waals surface area contributed by atoms with Crippen molar-refractivity contribution < 1.29 is 15.0 Å². The molecule has 0 fully saturated rings. The number of hydrogen-bond acceptors (Lipinski definition) is 3. The van der Waals surface area contributed by atoms with Crippen LogP contribution in [0.3, 0.4) is 0 Å². The van der Waals surface area contributed by atoms with Gasteiger partial charge in [0.15, 0.2) is 0 Å². The van der Waals surface area contributed by atoms with E-state index >= 15 is 0 Å². The maximum atomic E-state index is 10.8. The van der Waals surface area contributed by atoms with Crippen LogP contribution in [0.25, 0.3) is 5.57 Å². The van der Waals surface area contributed by atoms with Gasteiger partial charge in [0.2, 0.25) is 0 Å². The highest BCUT2D eigenvalue weighted by atomic mass is 16.4. The first-order valence-corrected chi connectivity index (χ1v) is 5.18. The Morgan fingerprint density at radius 2 is 2.24 bits per heavy atom. The van der Waals surface area contributed by atoms with Gasteiger partial charge < -0.3 is 10.2 Å². The molecule has 1 aromatic rings. The Kier molecular flexibility index (Phi) is 2.70. The Morgan fingerprint density at radius 1 is 1.53 bits per heavy atom. The molecule has 0 aliphatic heterocycles. The molecule has 0 bridgehead atoms. The molecular formula is C13H11NO3. The highest BCUT2D eigenvalue weighted by molar-refractivity contribution is 5.89. The van der Waals surface area contributed by atoms with Gasteiger partial charge in [0.25, 0.3) is 0 Å². The lowest BCUT2D eigenvalue weighted by Crippen LogP contribution is -1.97. The van der Waals surface area contributed by atoms with Crippen LogP contribution in [0.15, 0.2) is 23.8 Å². The molecule has 2 N–H and O–H groups in total. The van der Waals surface area contributed by atoms with Gasteiger partial charge in [-0.1, -0.05) is 6.07 Å². The predicted octanol–water partition coefficient (Wildman–Crippen LogP) is 1.85. The Morgan fingerprint density at radius 3 is 2.82 bits per heavy atom. The molecule has 0 saturated carbocycles. The molecule has 86 valence electrons. The van der Waals surface area contributed by atoms with Gasteiger partial charge in [-0.25, -0.2) is 0 Å². The summed E-state index contributed by atoms with van der Waals surface area (Å²) < 4.78 is 0. The molecule has 17 heavy (non-hydrogen) atoms. The molecular weight excluding hydrogens is 218 g/mol. The first-order valence-electron chi connectivity index (χ1n) is 5.18. The average molecular weight is 229 g/mol. The molecule has 1 aliphatic carbocycles. The number of aliphatic hydroxyl groups excluding tert-OH is 1. The summed E-state index contributed by atoms with van der Waals surface area (Å²) in [5.41, 5.74) is 3.08. The molecule has 0 radical (unpaired) electrons. The van der Waals surface area contributed by atoms with E-state index in [1.165, 1.54) is 0 Å². The Labute approximate surface area is 98.4 Å². The lowest BCUT2D eigenvalue weighted by atomic mass is 10.0. The van der Waals surface area contributed by atoms with Crippen molar-refractivity contribution in [1.29, 1.82) is 5.26 Å². The summed E-state index contributed by atoms with van der Waals surface area (Å²) in [5, 5.41) is 27.6. The number of hydrogen-bond donors (Lipinski definition) is 2. The second-order valence-electron chi connectivity index (χ2n) is 4.05. The third kappa shape index (κ3) is 1.81. The minimum atomic E-state index is -0.943. The maximum absolute atomic E-state index is 10.8. The fourth-order valence-electron chi connectivity index (χ4n) is 2.12. The van der Waals surface area contributed by atoms with Crippen LogP contribution in [0.4, 0.5) is 0 Å². The van der Waals surface area contributed by atoms with Crippen molar-refractivity contribution in [2.24, 2.45) is 0 Å². The third-order valence-corrected chi connectivity index (χ3v) is 3.02. The van der Waals surface area contributed by atoms with Gasteiger partial charge >= 0.3 is 5.97 Å². The smallest absolute Gasteiger partial charge is 0.307 e. The highest BCUT2D eigenvalue weighted by Crippen LogP contribution is 2.41. The Hall–Kier alpha value is -2.12. The lowest BCUT2D eigenvalue weighted by molar-refractivity contribution is -0.135. The zero-order chi connectivity index (χ0) is 12.6. The maximum Gasteiger partial charge on any atom is 0.307 e. The lowest BCUT2D eigenvalue weighted by Gasteiger charge is -2.05. The summed E-state index contributed by atoms with van der Waals surface area (Å²) in [7, 11) is 0. The number of carboxylic acids is 1. The van der Waals surface area contributed by atoms with E-state index in [-0.39, 0.29) is 6.42 Å². The van der Waals surface area contributed by atoms with Crippen molar-refractivity contribution in [2.75, 3.05) is 0 Å². The summed E-state index contributed by atoms with van der Waals surface area (Å²) in [5.74, 6) is -0.943. The van der Waals surface area contributed by atoms with E-state index in [1.807, 2.05) is 6.07 Å². The van der Waals surface area contributed by atoms with Gasteiger partial charge in [0.1, 0.15) is 6.10 Å². The highest BCUT2D eigenvalue weighted by Gasteiger charge is 2.28. The second-order valence-corrected chi connectivity index (χ2v) is 4.05. The van der Waals surface area contributed by atoms with Crippen molar-refractivity contribution in [3.8, 4) is 6.07 Å². The van der Waals surface area contributed by atoms with Gasteiger partial charge in [-0.3, -0.25) is 4.79 Å². The van der Waals surface area contributed by atoms with Gasteiger partial charge in [0.05, 0.1) is 18.1 Å². The molecule has 0 aromatic heterocycles. The number of fused-ring (bicyclic) bond motifs is 1. The molecule has 4 nitrogen and oxygen atoms in total. The Balaban J connectivity index is 2.56. The van der Waals surface area contributed by atoms with Crippen LogP contribution >= 0.6 is 0 Å². The number of carbonyl (C=O) groups is 1. The van der Waals surface area contributed by atoms with E-state index in [0.29, 0.717) is 27.8 Å². The molecule has 1 atom stereocenters. The van der Waals surface area contributed by atoms with Crippen LogP contribution in [0.2, 0.25) is 0 Å². The van der Waals surface area contributed by atoms with E-state index in [2.05, 4.69) is 0 Å². The van der Waals surface area contributed by atoms with Crippen molar-refractivity contribution in [3.63, 3.8) is 0 Å². The topological polar surface area (TPSA) is 81.3 Å². The fourth-order valence-corrected chi connectivity index (χ4v) is 2.12. The van der Waals surface area contributed by atoms with E-state index in [1.54, 1.807) is 25.1 Å². The molecule has 4 heteroatoms. The third-order valence-electron chi connectivity index (χ3n) is 3.02. The molecule has 2 rings (SSSR count). The largest absolute Gasteiger partial charge is 0.481 e. The van der Waals surface area contributed by atoms with Crippen LogP contribution in [0.1, 0.15) is 36.1 Å². The number of nitrogens with zero attached hydrogens (tertiary/aromatic N) is 1. The second kappa shape index (κ2) is 4.04. The normalized spacial score (nSPS) is 17.8. The van der Waals surface area contributed by atoms with E-state index in [0.717, 1.165) is 0 Å². The number of aliphatic hydroxyl groups is 1. The molecule has 0 spiro atoms. The van der Waals surface area contributed by atoms with Crippen molar-refractivity contribution in [1.82, 2.24) is 0 Å². The summed E-state index contributed by atoms with van der Waals surface area (Å²) >= 11 is 0. The first kappa shape index (κ1) is 11.4. The van der Waals surface area contributed by atoms with Crippen LogP contribution in [0, 0.1) is 11.3 Å². The first-order chi connectivity index (χ1) is 8.04. The van der Waals surface area contributed by atoms with E-state index in [4.69, 9.17) is 10.4 Å². The predicted molar refractivity (Wildman–Crippen MR) is 61.0 cm³/mol. The number of carboxylic acid groups (broad SMARTS) is 1. The molecule has 1 aliphatic rings. The van der Waals surface area contributed by atoms with Gasteiger partial charge in [-0.15, -0.1) is 0 Å². The summed E-state index contributed by atoms with van der Waals surface area (Å²) in [6.07, 6.45) is -0.891. The molecule has 0 heterocycles. The average Bonchev–Trinajstić information content (AvgIpc) is 2.53. The Bertz CT molecular complexity index is 567. The van der Waals surface area contributed by atoms with Gasteiger partial charge in [0, 0.05) is 0 Å². The molecule has 1 aromatic carbocycles. The fraction of sp³-hybridized carbons (Fsp3) is 0.231. The number of aliphatic carboxylic acids is 1. The minimum Gasteiger partial charge on any atom is -0.481 e. The minimum absolute atomic E-state index is 0.134. The monoisotopic (exact) mass is 229 g/mol. The molecule has 0 amide bonds. The summed E-state index contributed by atoms with van der Waals surface area (Å²) in [6, 6.07) is 6.94. The van der Waals surface area contributed by atoms with E-state index in [9.17, 15) is 9.90 Å². The summed E-state index contributed by atoms with van der Waals surface area (Å²) in [6.45, 7) is 1.72. The molecule has 0 saturated heterocycles. The number of benzene rings is 1. The van der Waals surface area contributed by atoms with Crippen molar-refractivity contribution in [3.05, 3.63) is 40.5 Å². The van der Waals surface area contributed by atoms with Crippen LogP contribution < -0.4 is 0 Å². The number of rotatable bonds is 2. The quantitative estimate of drug-likeness (QED) is 0.810. The van der Waals surface area contributed by atoms with E-state index < -0.39 is 12.1 Å². The van der Waals surface area contributed by atoms with Crippen LogP contribution in [0.5, 0.6) is 0 Å². The summed E-state index contributed by atoms with van der Waals surface area (Å²) in [4.78, 5) is 10.8. The van der Waals surface area contributed by atoms with Gasteiger partial charge in [-0.2, -0.15) is 5.26 Å². The zero-order valence-electron chi connectivity index (χ0n) is 9.27. The van der Waals surface area contributed by atoms with Crippen LogP contribution in [-0.4, -0.2) is 16.2 Å². The van der Waals surface area contributed by atoms with Crippen LogP contribution in [-0.2, 0) is 4.79 Å². The number of nitriles is 1. The molecule has 1 unspecified atom stereocenters. The standard InChI is InChI=1S/C13H11NO3/c1-7-10(5-12(15)16)11-4-8(6-14)2-3-9(11)13(7)17/h2-4,13,17H,5H2,1H3,(H,15,16). The van der Waals surface area contributed by atoms with Crippen molar-refractivity contribution in [2.45, 2.75) is 19.4 Å². The SMILES string of the molecule is CC1=C(CC(=O)O)c2cc(C#N)ccc2C1O. The van der Waals surface area contributed by atoms with Crippen molar-refractivity contribution >= 4 is 11.5 Å². The zero-order valence-corrected chi connectivity index (χ0v) is 9.27.